The van der Waals surface area contributed by atoms with Crippen molar-refractivity contribution in [3.05, 3.63) is 47.5 Å². The number of rotatable bonds is 6. The maximum Gasteiger partial charge on any atom is 0.326 e. The molecule has 1 aliphatic carbocycles. The van der Waals surface area contributed by atoms with Crippen molar-refractivity contribution in [3.8, 4) is 0 Å². The van der Waals surface area contributed by atoms with Gasteiger partial charge in [0.25, 0.3) is 5.91 Å². The third-order valence-electron chi connectivity index (χ3n) is 4.86. The van der Waals surface area contributed by atoms with Gasteiger partial charge < -0.3 is 10.1 Å². The van der Waals surface area contributed by atoms with E-state index < -0.39 is 25.0 Å². The van der Waals surface area contributed by atoms with E-state index in [1.54, 1.807) is 0 Å². The van der Waals surface area contributed by atoms with Crippen LogP contribution in [0.15, 0.2) is 36.4 Å². The third-order valence-corrected chi connectivity index (χ3v) is 4.86. The minimum absolute atomic E-state index is 0.329. The highest BCUT2D eigenvalue weighted by Gasteiger charge is 2.47. The zero-order valence-electron chi connectivity index (χ0n) is 15.1. The van der Waals surface area contributed by atoms with Crippen molar-refractivity contribution >= 4 is 23.7 Å². The molecule has 2 atom stereocenters. The summed E-state index contributed by atoms with van der Waals surface area (Å²) in [4.78, 5) is 49.3. The summed E-state index contributed by atoms with van der Waals surface area (Å²) in [6.45, 7) is 1.41. The first-order chi connectivity index (χ1) is 13.0. The Morgan fingerprint density at radius 2 is 1.67 bits per heavy atom. The molecule has 0 aromatic heterocycles. The maximum absolute atomic E-state index is 12.3. The van der Waals surface area contributed by atoms with Gasteiger partial charge in [0.15, 0.2) is 6.61 Å². The molecule has 0 unspecified atom stereocenters. The fourth-order valence-corrected chi connectivity index (χ4v) is 3.30. The van der Waals surface area contributed by atoms with Crippen molar-refractivity contribution in [1.29, 1.82) is 0 Å². The minimum Gasteiger partial charge on any atom is -0.454 e. The number of imide groups is 1. The van der Waals surface area contributed by atoms with Crippen LogP contribution < -0.4 is 5.32 Å². The smallest absolute Gasteiger partial charge is 0.326 e. The largest absolute Gasteiger partial charge is 0.454 e. The van der Waals surface area contributed by atoms with Gasteiger partial charge in [-0.2, -0.15) is 0 Å². The third kappa shape index (κ3) is 4.42. The Hall–Kier alpha value is -2.96. The highest BCUT2D eigenvalue weighted by atomic mass is 16.5. The second-order valence-corrected chi connectivity index (χ2v) is 6.84. The molecular formula is C20H22N2O5. The van der Waals surface area contributed by atoms with Crippen molar-refractivity contribution < 1.29 is 23.9 Å². The standard InChI is InChI=1S/C20H22N2O5/c1-13-6-8-14(9-7-13)10-21-17(23)12-27-18(24)11-22-19(25)15-4-2-3-5-16(15)20(22)26/h2-3,6-9,15-16H,4-5,10-12H2,1H3,(H,21,23)/t15-,16+. The number of aryl methyl sites for hydroxylation is 1. The van der Waals surface area contributed by atoms with Crippen LogP contribution in [0, 0.1) is 18.8 Å². The molecule has 1 aromatic carbocycles. The van der Waals surface area contributed by atoms with Crippen molar-refractivity contribution in [2.45, 2.75) is 26.3 Å². The lowest BCUT2D eigenvalue weighted by molar-refractivity contribution is -0.154. The lowest BCUT2D eigenvalue weighted by Gasteiger charge is -2.14. The fraction of sp³-hybridized carbons (Fsp3) is 0.400. The van der Waals surface area contributed by atoms with Crippen LogP contribution in [0.4, 0.5) is 0 Å². The maximum atomic E-state index is 12.3. The molecule has 0 saturated carbocycles. The molecule has 1 heterocycles. The first kappa shape index (κ1) is 18.8. The second kappa shape index (κ2) is 8.16. The van der Waals surface area contributed by atoms with E-state index in [0.717, 1.165) is 16.0 Å². The summed E-state index contributed by atoms with van der Waals surface area (Å²) in [5.41, 5.74) is 2.06. The number of amides is 3. The molecule has 3 rings (SSSR count). The highest BCUT2D eigenvalue weighted by Crippen LogP contribution is 2.34. The van der Waals surface area contributed by atoms with E-state index in [2.05, 4.69) is 5.32 Å². The Balaban J connectivity index is 1.43. The van der Waals surface area contributed by atoms with Gasteiger partial charge in [-0.05, 0) is 25.3 Å². The molecule has 1 aliphatic heterocycles. The Bertz CT molecular complexity index is 758. The number of likely N-dealkylation sites (tertiary alicyclic amines) is 1. The molecule has 2 aliphatic rings. The summed E-state index contributed by atoms with van der Waals surface area (Å²) in [6.07, 6.45) is 4.80. The average Bonchev–Trinajstić information content (AvgIpc) is 2.91. The average molecular weight is 370 g/mol. The van der Waals surface area contributed by atoms with Crippen LogP contribution in [-0.4, -0.2) is 41.7 Å². The summed E-state index contributed by atoms with van der Waals surface area (Å²) in [5, 5.41) is 2.65. The number of allylic oxidation sites excluding steroid dienone is 2. The zero-order valence-corrected chi connectivity index (χ0v) is 15.1. The number of esters is 1. The summed E-state index contributed by atoms with van der Waals surface area (Å²) in [7, 11) is 0. The molecule has 27 heavy (non-hydrogen) atoms. The second-order valence-electron chi connectivity index (χ2n) is 6.84. The SMILES string of the molecule is Cc1ccc(CNC(=O)COC(=O)CN2C(=O)[C@H]3CC=CC[C@H]3C2=O)cc1. The molecule has 0 spiro atoms. The predicted octanol–water partition coefficient (Wildman–Crippen LogP) is 1.11. The fourth-order valence-electron chi connectivity index (χ4n) is 3.30. The molecule has 7 nitrogen and oxygen atoms in total. The van der Waals surface area contributed by atoms with Crippen molar-refractivity contribution in [3.63, 3.8) is 0 Å². The Morgan fingerprint density at radius 1 is 1.07 bits per heavy atom. The molecule has 1 fully saturated rings. The van der Waals surface area contributed by atoms with E-state index in [1.165, 1.54) is 0 Å². The van der Waals surface area contributed by atoms with Gasteiger partial charge in [-0.3, -0.25) is 24.1 Å². The van der Waals surface area contributed by atoms with E-state index in [-0.39, 0.29) is 23.7 Å². The number of carbonyl (C=O) groups excluding carboxylic acids is 4. The van der Waals surface area contributed by atoms with E-state index in [4.69, 9.17) is 4.74 Å². The van der Waals surface area contributed by atoms with Gasteiger partial charge >= 0.3 is 5.97 Å². The summed E-state index contributed by atoms with van der Waals surface area (Å²) in [5.74, 6) is -2.65. The van der Waals surface area contributed by atoms with Crippen molar-refractivity contribution in [2.75, 3.05) is 13.2 Å². The van der Waals surface area contributed by atoms with Crippen LogP contribution in [0.5, 0.6) is 0 Å². The lowest BCUT2D eigenvalue weighted by atomic mass is 9.85. The number of nitrogens with zero attached hydrogens (tertiary/aromatic N) is 1. The van der Waals surface area contributed by atoms with Gasteiger partial charge in [0.2, 0.25) is 11.8 Å². The monoisotopic (exact) mass is 370 g/mol. The summed E-state index contributed by atoms with van der Waals surface area (Å²) >= 11 is 0. The number of ether oxygens (including phenoxy) is 1. The van der Waals surface area contributed by atoms with Gasteiger partial charge in [-0.1, -0.05) is 42.0 Å². The van der Waals surface area contributed by atoms with Crippen LogP contribution in [0.2, 0.25) is 0 Å². The first-order valence-electron chi connectivity index (χ1n) is 8.94. The number of benzene rings is 1. The molecular weight excluding hydrogens is 348 g/mol. The van der Waals surface area contributed by atoms with Crippen LogP contribution in [0.1, 0.15) is 24.0 Å². The number of carbonyl (C=O) groups is 4. The van der Waals surface area contributed by atoms with E-state index in [9.17, 15) is 19.2 Å². The normalized spacial score (nSPS) is 21.1. The molecule has 3 amide bonds. The predicted molar refractivity (Wildman–Crippen MR) is 96.1 cm³/mol. The summed E-state index contributed by atoms with van der Waals surface area (Å²) in [6, 6.07) is 7.69. The van der Waals surface area contributed by atoms with Crippen LogP contribution in [-0.2, 0) is 30.5 Å². The topological polar surface area (TPSA) is 92.8 Å². The lowest BCUT2D eigenvalue weighted by Crippen LogP contribution is -2.38. The van der Waals surface area contributed by atoms with Gasteiger partial charge in [0, 0.05) is 6.54 Å². The van der Waals surface area contributed by atoms with Crippen LogP contribution in [0.3, 0.4) is 0 Å². The van der Waals surface area contributed by atoms with E-state index >= 15 is 0 Å². The van der Waals surface area contributed by atoms with E-state index in [0.29, 0.717) is 19.4 Å². The highest BCUT2D eigenvalue weighted by molar-refractivity contribution is 6.07. The Morgan fingerprint density at radius 3 is 2.26 bits per heavy atom. The van der Waals surface area contributed by atoms with Gasteiger partial charge in [0.1, 0.15) is 6.54 Å². The number of hydrogen-bond acceptors (Lipinski definition) is 5. The van der Waals surface area contributed by atoms with Gasteiger partial charge in [-0.25, -0.2) is 0 Å². The number of hydrogen-bond donors (Lipinski definition) is 1. The minimum atomic E-state index is -0.770. The van der Waals surface area contributed by atoms with Gasteiger partial charge in [0.05, 0.1) is 11.8 Å². The molecule has 142 valence electrons. The quantitative estimate of drug-likeness (QED) is 0.460. The van der Waals surface area contributed by atoms with E-state index in [1.807, 2.05) is 43.3 Å². The Kier molecular flexibility index (Phi) is 5.69. The molecule has 0 radical (unpaired) electrons. The number of fused-ring (bicyclic) bond motifs is 1. The molecule has 1 saturated heterocycles. The molecule has 1 aromatic rings. The molecule has 7 heteroatoms. The van der Waals surface area contributed by atoms with Crippen molar-refractivity contribution in [2.24, 2.45) is 11.8 Å². The molecule has 1 N–H and O–H groups in total. The summed E-state index contributed by atoms with van der Waals surface area (Å²) < 4.78 is 4.91. The zero-order chi connectivity index (χ0) is 19.4. The van der Waals surface area contributed by atoms with Crippen molar-refractivity contribution in [1.82, 2.24) is 10.2 Å². The first-order valence-corrected chi connectivity index (χ1v) is 8.94. The molecule has 0 bridgehead atoms. The van der Waals surface area contributed by atoms with Crippen LogP contribution in [0.25, 0.3) is 0 Å². The number of nitrogens with one attached hydrogen (secondary N) is 1. The Labute approximate surface area is 157 Å². The van der Waals surface area contributed by atoms with Gasteiger partial charge in [-0.15, -0.1) is 0 Å². The van der Waals surface area contributed by atoms with Crippen LogP contribution >= 0.6 is 0 Å².